The largest absolute Gasteiger partial charge is 0.497 e. The Morgan fingerprint density at radius 2 is 1.96 bits per heavy atom. The number of carbonyl (C=O) groups excluding carboxylic acids is 2. The maximum absolute atomic E-state index is 12.3. The third-order valence-corrected chi connectivity index (χ3v) is 5.93. The lowest BCUT2D eigenvalue weighted by Gasteiger charge is -2.28. The van der Waals surface area contributed by atoms with Crippen molar-refractivity contribution >= 4 is 23.2 Å². The van der Waals surface area contributed by atoms with Gasteiger partial charge in [-0.2, -0.15) is 0 Å². The van der Waals surface area contributed by atoms with Crippen molar-refractivity contribution in [1.29, 1.82) is 0 Å². The predicted octanol–water partition coefficient (Wildman–Crippen LogP) is 2.75. The van der Waals surface area contributed by atoms with Gasteiger partial charge in [0.15, 0.2) is 0 Å². The van der Waals surface area contributed by atoms with Crippen molar-refractivity contribution in [3.63, 3.8) is 0 Å². The van der Waals surface area contributed by atoms with Gasteiger partial charge in [-0.3, -0.25) is 14.5 Å². The van der Waals surface area contributed by atoms with Gasteiger partial charge < -0.3 is 15.4 Å². The molecule has 1 saturated heterocycles. The summed E-state index contributed by atoms with van der Waals surface area (Å²) >= 11 is 1.42. The number of nitrogens with zero attached hydrogens (tertiary/aromatic N) is 1. The van der Waals surface area contributed by atoms with Crippen LogP contribution in [0.25, 0.3) is 0 Å². The molecule has 150 valence electrons. The Morgan fingerprint density at radius 3 is 2.64 bits per heavy atom. The van der Waals surface area contributed by atoms with E-state index in [4.69, 9.17) is 4.74 Å². The molecular weight excluding hydrogens is 374 g/mol. The molecule has 1 unspecified atom stereocenters. The fourth-order valence-electron chi connectivity index (χ4n) is 3.44. The molecule has 0 saturated carbocycles. The van der Waals surface area contributed by atoms with Gasteiger partial charge in [0.05, 0.1) is 24.6 Å². The highest BCUT2D eigenvalue weighted by Gasteiger charge is 2.24. The summed E-state index contributed by atoms with van der Waals surface area (Å²) in [5.41, 5.74) is 1.12. The van der Waals surface area contributed by atoms with Gasteiger partial charge in [0.1, 0.15) is 5.75 Å². The minimum Gasteiger partial charge on any atom is -0.497 e. The first-order chi connectivity index (χ1) is 13.6. The lowest BCUT2D eigenvalue weighted by atomic mass is 10.0. The molecule has 3 rings (SSSR count). The molecule has 1 aromatic heterocycles. The smallest absolute Gasteiger partial charge is 0.261 e. The van der Waals surface area contributed by atoms with Crippen LogP contribution in [0.3, 0.4) is 0 Å². The number of rotatable bonds is 8. The first-order valence-corrected chi connectivity index (χ1v) is 10.4. The van der Waals surface area contributed by atoms with Gasteiger partial charge >= 0.3 is 0 Å². The maximum atomic E-state index is 12.3. The van der Waals surface area contributed by atoms with Crippen LogP contribution in [0.15, 0.2) is 36.4 Å². The summed E-state index contributed by atoms with van der Waals surface area (Å²) in [5, 5.41) is 5.66. The molecule has 0 aliphatic carbocycles. The van der Waals surface area contributed by atoms with Gasteiger partial charge in [0.2, 0.25) is 5.91 Å². The Morgan fingerprint density at radius 1 is 1.18 bits per heavy atom. The van der Waals surface area contributed by atoms with Gasteiger partial charge in [0.25, 0.3) is 5.91 Å². The number of amides is 2. The SMILES string of the molecule is COc1cccc(C(CNC(=O)CNC(=O)c2ccc(C)s2)N2CCCC2)c1. The molecule has 2 heterocycles. The number of thiophene rings is 1. The molecule has 0 spiro atoms. The van der Waals surface area contributed by atoms with Crippen LogP contribution in [0.5, 0.6) is 5.75 Å². The number of ether oxygens (including phenoxy) is 1. The molecule has 2 aromatic rings. The van der Waals surface area contributed by atoms with Gasteiger partial charge in [-0.15, -0.1) is 11.3 Å². The van der Waals surface area contributed by atoms with E-state index in [0.29, 0.717) is 11.4 Å². The Labute approximate surface area is 169 Å². The number of nitrogens with one attached hydrogen (secondary N) is 2. The highest BCUT2D eigenvalue weighted by Crippen LogP contribution is 2.27. The van der Waals surface area contributed by atoms with E-state index in [1.807, 2.05) is 31.2 Å². The topological polar surface area (TPSA) is 70.7 Å². The van der Waals surface area contributed by atoms with Crippen LogP contribution in [0, 0.1) is 6.92 Å². The molecule has 1 aliphatic rings. The second kappa shape index (κ2) is 9.71. The van der Waals surface area contributed by atoms with Crippen molar-refractivity contribution in [2.75, 3.05) is 33.3 Å². The Balaban J connectivity index is 1.56. The van der Waals surface area contributed by atoms with Crippen LogP contribution in [0.1, 0.15) is 39.0 Å². The molecule has 6 nitrogen and oxygen atoms in total. The fourth-order valence-corrected chi connectivity index (χ4v) is 4.22. The van der Waals surface area contributed by atoms with E-state index in [0.717, 1.165) is 29.3 Å². The number of methoxy groups -OCH3 is 1. The van der Waals surface area contributed by atoms with Crippen LogP contribution in [0.4, 0.5) is 0 Å². The van der Waals surface area contributed by atoms with Gasteiger partial charge in [-0.25, -0.2) is 0 Å². The lowest BCUT2D eigenvalue weighted by Crippen LogP contribution is -2.41. The first kappa shape index (κ1) is 20.4. The minimum absolute atomic E-state index is 0.0272. The quantitative estimate of drug-likeness (QED) is 0.714. The van der Waals surface area contributed by atoms with Crippen molar-refractivity contribution in [1.82, 2.24) is 15.5 Å². The van der Waals surface area contributed by atoms with E-state index in [2.05, 4.69) is 21.6 Å². The molecule has 7 heteroatoms. The van der Waals surface area contributed by atoms with Crippen LogP contribution in [-0.4, -0.2) is 50.0 Å². The maximum Gasteiger partial charge on any atom is 0.261 e. The second-order valence-electron chi connectivity index (χ2n) is 6.93. The normalized spacial score (nSPS) is 15.2. The van der Waals surface area contributed by atoms with E-state index in [1.165, 1.54) is 24.2 Å². The number of hydrogen-bond acceptors (Lipinski definition) is 5. The van der Waals surface area contributed by atoms with E-state index in [-0.39, 0.29) is 24.4 Å². The van der Waals surface area contributed by atoms with Crippen molar-refractivity contribution in [2.24, 2.45) is 0 Å². The Kier molecular flexibility index (Phi) is 7.06. The summed E-state index contributed by atoms with van der Waals surface area (Å²) in [6.07, 6.45) is 2.34. The zero-order valence-corrected chi connectivity index (χ0v) is 17.2. The highest BCUT2D eigenvalue weighted by molar-refractivity contribution is 7.13. The second-order valence-corrected chi connectivity index (χ2v) is 8.22. The zero-order chi connectivity index (χ0) is 19.9. The summed E-state index contributed by atoms with van der Waals surface area (Å²) in [5.74, 6) is 0.414. The van der Waals surface area contributed by atoms with Crippen LogP contribution in [0.2, 0.25) is 0 Å². The summed E-state index contributed by atoms with van der Waals surface area (Å²) in [4.78, 5) is 28.5. The summed E-state index contributed by atoms with van der Waals surface area (Å²) in [6, 6.07) is 11.8. The van der Waals surface area contributed by atoms with Crippen LogP contribution >= 0.6 is 11.3 Å². The van der Waals surface area contributed by atoms with E-state index in [9.17, 15) is 9.59 Å². The van der Waals surface area contributed by atoms with E-state index >= 15 is 0 Å². The van der Waals surface area contributed by atoms with Crippen molar-refractivity contribution < 1.29 is 14.3 Å². The third kappa shape index (κ3) is 5.33. The van der Waals surface area contributed by atoms with Crippen LogP contribution < -0.4 is 15.4 Å². The van der Waals surface area contributed by atoms with E-state index in [1.54, 1.807) is 13.2 Å². The molecule has 1 fully saturated rings. The molecule has 2 amide bonds. The monoisotopic (exact) mass is 401 g/mol. The number of carbonyl (C=O) groups is 2. The molecule has 0 bridgehead atoms. The van der Waals surface area contributed by atoms with Crippen LogP contribution in [-0.2, 0) is 4.79 Å². The first-order valence-electron chi connectivity index (χ1n) is 9.56. The van der Waals surface area contributed by atoms with Gasteiger partial charge in [-0.05, 0) is 62.7 Å². The summed E-state index contributed by atoms with van der Waals surface area (Å²) in [7, 11) is 1.66. The number of benzene rings is 1. The lowest BCUT2D eigenvalue weighted by molar-refractivity contribution is -0.120. The predicted molar refractivity (Wildman–Crippen MR) is 111 cm³/mol. The van der Waals surface area contributed by atoms with Crippen molar-refractivity contribution in [3.8, 4) is 5.75 Å². The summed E-state index contributed by atoms with van der Waals surface area (Å²) < 4.78 is 5.35. The average molecular weight is 402 g/mol. The van der Waals surface area contributed by atoms with Gasteiger partial charge in [0, 0.05) is 11.4 Å². The molecule has 0 radical (unpaired) electrons. The standard InChI is InChI=1S/C21H27N3O3S/c1-15-8-9-19(28-15)21(26)23-14-20(25)22-13-18(24-10-3-4-11-24)16-6-5-7-17(12-16)27-2/h5-9,12,18H,3-4,10-11,13-14H2,1-2H3,(H,22,25)(H,23,26). The minimum atomic E-state index is -0.211. The summed E-state index contributed by atoms with van der Waals surface area (Å²) in [6.45, 7) is 4.46. The van der Waals surface area contributed by atoms with E-state index < -0.39 is 0 Å². The number of hydrogen-bond donors (Lipinski definition) is 2. The number of likely N-dealkylation sites (tertiary alicyclic amines) is 1. The third-order valence-electron chi connectivity index (χ3n) is 4.93. The zero-order valence-electron chi connectivity index (χ0n) is 16.4. The van der Waals surface area contributed by atoms with Crippen molar-refractivity contribution in [2.45, 2.75) is 25.8 Å². The Bertz CT molecular complexity index is 815. The number of aryl methyl sites for hydroxylation is 1. The fraction of sp³-hybridized carbons (Fsp3) is 0.429. The highest BCUT2D eigenvalue weighted by atomic mass is 32.1. The van der Waals surface area contributed by atoms with Crippen molar-refractivity contribution in [3.05, 3.63) is 51.7 Å². The molecule has 28 heavy (non-hydrogen) atoms. The average Bonchev–Trinajstić information content (AvgIpc) is 3.38. The molecule has 2 N–H and O–H groups in total. The molecular formula is C21H27N3O3S. The molecule has 1 aromatic carbocycles. The molecule has 1 aliphatic heterocycles. The molecule has 1 atom stereocenters. The van der Waals surface area contributed by atoms with Gasteiger partial charge in [-0.1, -0.05) is 12.1 Å². The Hall–Kier alpha value is -2.38.